The van der Waals surface area contributed by atoms with Crippen LogP contribution in [0.25, 0.3) is 0 Å². The van der Waals surface area contributed by atoms with Gasteiger partial charge in [-0.15, -0.1) is 11.3 Å². The summed E-state index contributed by atoms with van der Waals surface area (Å²) >= 11 is 1.45. The highest BCUT2D eigenvalue weighted by Crippen LogP contribution is 2.28. The number of carbonyl (C=O) groups excluding carboxylic acids is 1. The Bertz CT molecular complexity index is 948. The predicted octanol–water partition coefficient (Wildman–Crippen LogP) is 3.43. The molecule has 0 fully saturated rings. The van der Waals surface area contributed by atoms with Crippen LogP contribution < -0.4 is 10.2 Å². The van der Waals surface area contributed by atoms with Crippen molar-refractivity contribution in [1.29, 1.82) is 0 Å². The second kappa shape index (κ2) is 6.84. The lowest BCUT2D eigenvalue weighted by molar-refractivity contribution is -0.117. The zero-order chi connectivity index (χ0) is 18.1. The zero-order valence-corrected chi connectivity index (χ0v) is 15.5. The lowest BCUT2D eigenvalue weighted by atomic mass is 10.2. The Morgan fingerprint density at radius 3 is 2.77 bits per heavy atom. The molecule has 132 valence electrons. The van der Waals surface area contributed by atoms with E-state index in [2.05, 4.69) is 26.3 Å². The topological polar surface area (TPSA) is 71.0 Å². The van der Waals surface area contributed by atoms with Gasteiger partial charge < -0.3 is 10.2 Å². The number of fused-ring (bicyclic) bond motifs is 1. The third-order valence-corrected chi connectivity index (χ3v) is 5.08. The first-order valence-corrected chi connectivity index (χ1v) is 9.38. The van der Waals surface area contributed by atoms with Crippen molar-refractivity contribution in [3.63, 3.8) is 0 Å². The Morgan fingerprint density at radius 1 is 1.19 bits per heavy atom. The molecule has 0 saturated carbocycles. The number of nitrogens with zero attached hydrogens (tertiary/aromatic N) is 4. The molecule has 7 heteroatoms. The van der Waals surface area contributed by atoms with Gasteiger partial charge in [-0.05, 0) is 38.0 Å². The highest BCUT2D eigenvalue weighted by Gasteiger charge is 2.24. The molecule has 0 aliphatic carbocycles. The van der Waals surface area contributed by atoms with Crippen molar-refractivity contribution in [2.24, 2.45) is 0 Å². The first-order valence-electron chi connectivity index (χ1n) is 8.50. The molecule has 0 saturated heterocycles. The molecule has 0 unspecified atom stereocenters. The maximum Gasteiger partial charge on any atom is 0.233 e. The normalized spacial score (nSPS) is 12.9. The van der Waals surface area contributed by atoms with E-state index in [4.69, 9.17) is 0 Å². The number of hydrogen-bond acceptors (Lipinski definition) is 6. The summed E-state index contributed by atoms with van der Waals surface area (Å²) in [5.41, 5.74) is 4.82. The Hall–Kier alpha value is -2.80. The van der Waals surface area contributed by atoms with Crippen molar-refractivity contribution in [3.8, 4) is 0 Å². The molecule has 0 atom stereocenters. The summed E-state index contributed by atoms with van der Waals surface area (Å²) in [6.07, 6.45) is 1.20. The van der Waals surface area contributed by atoms with Gasteiger partial charge in [-0.1, -0.05) is 18.2 Å². The summed E-state index contributed by atoms with van der Waals surface area (Å²) in [5, 5.41) is 5.73. The number of nitrogens with one attached hydrogen (secondary N) is 1. The van der Waals surface area contributed by atoms with Gasteiger partial charge in [-0.3, -0.25) is 4.79 Å². The molecule has 2 aromatic heterocycles. The molecular weight excluding hydrogens is 346 g/mol. The lowest BCUT2D eigenvalue weighted by Gasteiger charge is -2.16. The third kappa shape index (κ3) is 3.43. The van der Waals surface area contributed by atoms with Gasteiger partial charge in [0.2, 0.25) is 11.9 Å². The van der Waals surface area contributed by atoms with Crippen LogP contribution in [0.15, 0.2) is 35.7 Å². The van der Waals surface area contributed by atoms with Gasteiger partial charge in [0.25, 0.3) is 0 Å². The number of hydrogen-bond donors (Lipinski definition) is 1. The van der Waals surface area contributed by atoms with Gasteiger partial charge in [0.15, 0.2) is 5.13 Å². The zero-order valence-electron chi connectivity index (χ0n) is 14.7. The molecule has 1 aromatic carbocycles. The van der Waals surface area contributed by atoms with Gasteiger partial charge >= 0.3 is 0 Å². The quantitative estimate of drug-likeness (QED) is 0.767. The van der Waals surface area contributed by atoms with E-state index in [1.54, 1.807) is 0 Å². The van der Waals surface area contributed by atoms with Gasteiger partial charge in [-0.2, -0.15) is 0 Å². The van der Waals surface area contributed by atoms with Crippen LogP contribution in [-0.2, 0) is 17.6 Å². The molecule has 1 amide bonds. The Morgan fingerprint density at radius 2 is 1.96 bits per heavy atom. The first-order chi connectivity index (χ1) is 12.6. The molecule has 1 aliphatic rings. The van der Waals surface area contributed by atoms with E-state index in [9.17, 15) is 4.79 Å². The maximum atomic E-state index is 12.7. The Kier molecular flexibility index (Phi) is 4.38. The number of thiazole rings is 1. The van der Waals surface area contributed by atoms with Gasteiger partial charge in [0, 0.05) is 29.0 Å². The predicted molar refractivity (Wildman–Crippen MR) is 103 cm³/mol. The van der Waals surface area contributed by atoms with E-state index in [1.807, 2.05) is 48.4 Å². The van der Waals surface area contributed by atoms with Crippen molar-refractivity contribution < 1.29 is 4.79 Å². The van der Waals surface area contributed by atoms with E-state index in [0.29, 0.717) is 17.5 Å². The SMILES string of the molecule is Cc1cc(C)nc(Nc2nc(CC(=O)N3CCc4ccccc43)cs2)n1. The van der Waals surface area contributed by atoms with Crippen LogP contribution in [0.4, 0.5) is 16.8 Å². The van der Waals surface area contributed by atoms with Crippen molar-refractivity contribution in [2.75, 3.05) is 16.8 Å². The largest absolute Gasteiger partial charge is 0.311 e. The second-order valence-corrected chi connectivity index (χ2v) is 7.20. The first kappa shape index (κ1) is 16.7. The van der Waals surface area contributed by atoms with Crippen LogP contribution in [-0.4, -0.2) is 27.4 Å². The highest BCUT2D eigenvalue weighted by molar-refractivity contribution is 7.13. The second-order valence-electron chi connectivity index (χ2n) is 6.34. The van der Waals surface area contributed by atoms with E-state index >= 15 is 0 Å². The minimum absolute atomic E-state index is 0.0782. The molecule has 26 heavy (non-hydrogen) atoms. The van der Waals surface area contributed by atoms with Gasteiger partial charge in [-0.25, -0.2) is 15.0 Å². The highest BCUT2D eigenvalue weighted by atomic mass is 32.1. The molecule has 4 rings (SSSR count). The number of carbonyl (C=O) groups is 1. The summed E-state index contributed by atoms with van der Waals surface area (Å²) in [6.45, 7) is 4.60. The summed E-state index contributed by atoms with van der Waals surface area (Å²) < 4.78 is 0. The minimum atomic E-state index is 0.0782. The fourth-order valence-corrected chi connectivity index (χ4v) is 3.87. The van der Waals surface area contributed by atoms with Gasteiger partial charge in [0.1, 0.15) is 0 Å². The van der Waals surface area contributed by atoms with Gasteiger partial charge in [0.05, 0.1) is 12.1 Å². The lowest BCUT2D eigenvalue weighted by Crippen LogP contribution is -2.30. The summed E-state index contributed by atoms with van der Waals surface area (Å²) in [6, 6.07) is 9.99. The van der Waals surface area contributed by atoms with Crippen molar-refractivity contribution in [3.05, 3.63) is 58.4 Å². The minimum Gasteiger partial charge on any atom is -0.311 e. The molecule has 6 nitrogen and oxygen atoms in total. The standard InChI is InChI=1S/C19H19N5OS/c1-12-9-13(2)21-18(20-12)23-19-22-15(11-26-19)10-17(25)24-8-7-14-5-3-4-6-16(14)24/h3-6,9,11H,7-8,10H2,1-2H3,(H,20,21,22,23). The number of benzene rings is 1. The fraction of sp³-hybridized carbons (Fsp3) is 0.263. The molecule has 1 aliphatic heterocycles. The van der Waals surface area contributed by atoms with E-state index in [1.165, 1.54) is 16.9 Å². The number of para-hydroxylation sites is 1. The maximum absolute atomic E-state index is 12.7. The number of anilines is 3. The number of rotatable bonds is 4. The molecule has 1 N–H and O–H groups in total. The van der Waals surface area contributed by atoms with Crippen molar-refractivity contribution in [1.82, 2.24) is 15.0 Å². The Labute approximate surface area is 155 Å². The van der Waals surface area contributed by atoms with Crippen molar-refractivity contribution in [2.45, 2.75) is 26.7 Å². The van der Waals surface area contributed by atoms with Crippen LogP contribution in [0.2, 0.25) is 0 Å². The number of amides is 1. The van der Waals surface area contributed by atoms with Crippen LogP contribution in [0.5, 0.6) is 0 Å². The van der Waals surface area contributed by atoms with Crippen molar-refractivity contribution >= 4 is 34.0 Å². The Balaban J connectivity index is 1.45. The fourth-order valence-electron chi connectivity index (χ4n) is 3.17. The molecule has 3 aromatic rings. The van der Waals surface area contributed by atoms with E-state index < -0.39 is 0 Å². The molecule has 3 heterocycles. The van der Waals surface area contributed by atoms with E-state index in [0.717, 1.165) is 35.7 Å². The third-order valence-electron chi connectivity index (χ3n) is 4.27. The smallest absolute Gasteiger partial charge is 0.233 e. The van der Waals surface area contributed by atoms with Crippen LogP contribution in [0, 0.1) is 13.8 Å². The van der Waals surface area contributed by atoms with E-state index in [-0.39, 0.29) is 5.91 Å². The molecule has 0 radical (unpaired) electrons. The van der Waals surface area contributed by atoms with Crippen LogP contribution in [0.1, 0.15) is 22.6 Å². The average Bonchev–Trinajstić information content (AvgIpc) is 3.20. The summed E-state index contributed by atoms with van der Waals surface area (Å²) in [5.74, 6) is 0.609. The molecule has 0 bridgehead atoms. The summed E-state index contributed by atoms with van der Waals surface area (Å²) in [4.78, 5) is 27.8. The monoisotopic (exact) mass is 365 g/mol. The average molecular weight is 365 g/mol. The molecular formula is C19H19N5OS. The molecule has 0 spiro atoms. The summed E-state index contributed by atoms with van der Waals surface area (Å²) in [7, 11) is 0. The van der Waals surface area contributed by atoms with Crippen LogP contribution in [0.3, 0.4) is 0 Å². The number of aryl methyl sites for hydroxylation is 2. The number of aromatic nitrogens is 3. The van der Waals surface area contributed by atoms with Crippen LogP contribution >= 0.6 is 11.3 Å².